The van der Waals surface area contributed by atoms with E-state index in [9.17, 15) is 4.79 Å². The third kappa shape index (κ3) is 2.74. The van der Waals surface area contributed by atoms with Gasteiger partial charge >= 0.3 is 0 Å². The molecule has 4 aromatic rings. The van der Waals surface area contributed by atoms with Crippen molar-refractivity contribution in [3.8, 4) is 0 Å². The summed E-state index contributed by atoms with van der Waals surface area (Å²) in [7, 11) is 0. The predicted molar refractivity (Wildman–Crippen MR) is 122 cm³/mol. The van der Waals surface area contributed by atoms with Gasteiger partial charge in [-0.3, -0.25) is 14.9 Å². The Labute approximate surface area is 183 Å². The Morgan fingerprint density at radius 2 is 2.09 bits per heavy atom. The molecule has 9 nitrogen and oxygen atoms in total. The number of hydrogen-bond donors (Lipinski definition) is 3. The topological polar surface area (TPSA) is 113 Å². The second kappa shape index (κ2) is 6.61. The van der Waals surface area contributed by atoms with Crippen molar-refractivity contribution in [3.05, 3.63) is 71.8 Å². The minimum absolute atomic E-state index is 0.00227. The Morgan fingerprint density at radius 1 is 1.19 bits per heavy atom. The van der Waals surface area contributed by atoms with Crippen LogP contribution in [0, 0.1) is 0 Å². The lowest BCUT2D eigenvalue weighted by molar-refractivity contribution is -0.119. The first-order valence-corrected chi connectivity index (χ1v) is 10.3. The monoisotopic (exact) mass is 424 g/mol. The maximum atomic E-state index is 12.2. The van der Waals surface area contributed by atoms with Crippen LogP contribution >= 0.6 is 0 Å². The smallest absolute Gasteiger partial charge is 0.247 e. The first-order valence-electron chi connectivity index (χ1n) is 10.3. The summed E-state index contributed by atoms with van der Waals surface area (Å²) in [5.74, 6) is 1.13. The summed E-state index contributed by atoms with van der Waals surface area (Å²) in [6.45, 7) is 4.40. The number of carbonyl (C=O) groups is 1. The van der Waals surface area contributed by atoms with Crippen molar-refractivity contribution in [2.75, 3.05) is 10.6 Å². The fourth-order valence-electron chi connectivity index (χ4n) is 4.19. The Kier molecular flexibility index (Phi) is 3.82. The molecule has 0 atom stereocenters. The summed E-state index contributed by atoms with van der Waals surface area (Å²) in [4.78, 5) is 21.6. The van der Waals surface area contributed by atoms with Crippen LogP contribution in [0.3, 0.4) is 0 Å². The number of aromatic amines is 1. The molecule has 9 heteroatoms. The number of aromatic nitrogens is 5. The molecule has 6 rings (SSSR count). The van der Waals surface area contributed by atoms with Crippen LogP contribution in [0.25, 0.3) is 10.9 Å². The average Bonchev–Trinajstić information content (AvgIpc) is 3.42. The SMILES string of the molecule is CC1(C)C(=O)Nc2cc(Nc3nc4n(n3)CC=CN=C4c3cccc4[nH]ncc34)ccc21. The predicted octanol–water partition coefficient (Wildman–Crippen LogP) is 3.49. The number of nitrogens with zero attached hydrogens (tertiary/aromatic N) is 5. The van der Waals surface area contributed by atoms with E-state index in [0.29, 0.717) is 18.3 Å². The lowest BCUT2D eigenvalue weighted by Crippen LogP contribution is -2.26. The number of benzene rings is 2. The lowest BCUT2D eigenvalue weighted by Gasteiger charge is -2.14. The quantitative estimate of drug-likeness (QED) is 0.466. The number of amides is 1. The van der Waals surface area contributed by atoms with Crippen molar-refractivity contribution in [2.45, 2.75) is 25.8 Å². The van der Waals surface area contributed by atoms with Gasteiger partial charge < -0.3 is 10.6 Å². The maximum absolute atomic E-state index is 12.2. The van der Waals surface area contributed by atoms with E-state index in [0.717, 1.165) is 39.1 Å². The van der Waals surface area contributed by atoms with E-state index in [1.54, 1.807) is 12.4 Å². The summed E-state index contributed by atoms with van der Waals surface area (Å²) >= 11 is 0. The third-order valence-electron chi connectivity index (χ3n) is 5.98. The van der Waals surface area contributed by atoms with Gasteiger partial charge in [0.2, 0.25) is 11.9 Å². The number of rotatable bonds is 3. The van der Waals surface area contributed by atoms with Crippen LogP contribution < -0.4 is 10.6 Å². The summed E-state index contributed by atoms with van der Waals surface area (Å²) in [5, 5.41) is 19.0. The third-order valence-corrected chi connectivity index (χ3v) is 5.98. The van der Waals surface area contributed by atoms with Gasteiger partial charge in [0.1, 0.15) is 5.71 Å². The van der Waals surface area contributed by atoms with Crippen molar-refractivity contribution in [1.29, 1.82) is 0 Å². The van der Waals surface area contributed by atoms with Crippen LogP contribution in [0.15, 0.2) is 59.9 Å². The first-order chi connectivity index (χ1) is 15.5. The van der Waals surface area contributed by atoms with Crippen LogP contribution in [0.1, 0.15) is 30.8 Å². The molecule has 2 aliphatic rings. The number of allylic oxidation sites excluding steroid dienone is 1. The second-order valence-electron chi connectivity index (χ2n) is 8.40. The molecule has 2 aliphatic heterocycles. The number of anilines is 3. The van der Waals surface area contributed by atoms with Crippen molar-refractivity contribution in [3.63, 3.8) is 0 Å². The number of aliphatic imine (C=N–C) groups is 1. The lowest BCUT2D eigenvalue weighted by atomic mass is 9.86. The molecule has 0 bridgehead atoms. The van der Waals surface area contributed by atoms with Crippen LogP contribution in [-0.2, 0) is 16.8 Å². The van der Waals surface area contributed by atoms with E-state index in [4.69, 9.17) is 4.98 Å². The first kappa shape index (κ1) is 18.5. The molecule has 0 radical (unpaired) electrons. The molecule has 158 valence electrons. The molecule has 2 aromatic carbocycles. The Hall–Kier alpha value is -4.27. The van der Waals surface area contributed by atoms with Crippen LogP contribution in [-0.4, -0.2) is 36.6 Å². The average molecular weight is 424 g/mol. The second-order valence-corrected chi connectivity index (χ2v) is 8.40. The highest BCUT2D eigenvalue weighted by atomic mass is 16.2. The minimum atomic E-state index is -0.538. The molecule has 2 aromatic heterocycles. The van der Waals surface area contributed by atoms with Crippen molar-refractivity contribution in [2.24, 2.45) is 4.99 Å². The van der Waals surface area contributed by atoms with Gasteiger partial charge in [0.05, 0.1) is 23.7 Å². The molecule has 0 saturated carbocycles. The van der Waals surface area contributed by atoms with Gasteiger partial charge in [-0.25, -0.2) is 4.68 Å². The van der Waals surface area contributed by atoms with E-state index in [2.05, 4.69) is 30.9 Å². The van der Waals surface area contributed by atoms with Gasteiger partial charge in [-0.2, -0.15) is 10.1 Å². The van der Waals surface area contributed by atoms with Crippen molar-refractivity contribution in [1.82, 2.24) is 25.0 Å². The zero-order chi connectivity index (χ0) is 21.9. The van der Waals surface area contributed by atoms with E-state index in [1.807, 2.05) is 61.0 Å². The molecule has 32 heavy (non-hydrogen) atoms. The van der Waals surface area contributed by atoms with Crippen LogP contribution in [0.5, 0.6) is 0 Å². The van der Waals surface area contributed by atoms with Crippen LogP contribution in [0.2, 0.25) is 0 Å². The molecule has 3 N–H and O–H groups in total. The number of H-pyrrole nitrogens is 1. The molecular weight excluding hydrogens is 404 g/mol. The van der Waals surface area contributed by atoms with Gasteiger partial charge in [0, 0.05) is 28.5 Å². The number of carbonyl (C=O) groups excluding carboxylic acids is 1. The molecule has 0 unspecified atom stereocenters. The summed E-state index contributed by atoms with van der Waals surface area (Å²) in [6, 6.07) is 11.8. The van der Waals surface area contributed by atoms with Gasteiger partial charge in [-0.1, -0.05) is 18.2 Å². The fourth-order valence-corrected chi connectivity index (χ4v) is 4.19. The number of nitrogens with one attached hydrogen (secondary N) is 3. The molecule has 0 saturated heterocycles. The van der Waals surface area contributed by atoms with Crippen molar-refractivity contribution < 1.29 is 4.79 Å². The zero-order valence-electron chi connectivity index (χ0n) is 17.5. The van der Waals surface area contributed by atoms with E-state index in [-0.39, 0.29) is 5.91 Å². The molecule has 0 fully saturated rings. The normalized spacial score (nSPS) is 16.3. The Bertz CT molecular complexity index is 1460. The van der Waals surface area contributed by atoms with Crippen LogP contribution in [0.4, 0.5) is 17.3 Å². The Morgan fingerprint density at radius 3 is 3.00 bits per heavy atom. The standard InChI is InChI=1S/C23H20N8O/c1-23(2)16-8-7-13(11-18(16)27-21(23)32)26-22-28-20-19(24-9-4-10-31(20)30-22)14-5-3-6-17-15(14)12-25-29-17/h3-9,11-12H,10H2,1-2H3,(H,25,29)(H,26,30)(H,27,32). The highest BCUT2D eigenvalue weighted by molar-refractivity contribution is 6.17. The van der Waals surface area contributed by atoms with Gasteiger partial charge in [0.15, 0.2) is 5.82 Å². The molecule has 1 amide bonds. The highest BCUT2D eigenvalue weighted by Crippen LogP contribution is 2.39. The van der Waals surface area contributed by atoms with Crippen molar-refractivity contribution >= 4 is 39.8 Å². The molecular formula is C23H20N8O. The summed E-state index contributed by atoms with van der Waals surface area (Å²) in [5.41, 5.74) is 4.65. The van der Waals surface area contributed by atoms with Gasteiger partial charge in [-0.15, -0.1) is 5.10 Å². The zero-order valence-corrected chi connectivity index (χ0v) is 17.5. The fraction of sp³-hybridized carbons (Fsp3) is 0.174. The summed E-state index contributed by atoms with van der Waals surface area (Å²) < 4.78 is 1.82. The Balaban J connectivity index is 1.37. The maximum Gasteiger partial charge on any atom is 0.247 e. The van der Waals surface area contributed by atoms with Gasteiger partial charge in [-0.05, 0) is 43.7 Å². The minimum Gasteiger partial charge on any atom is -0.325 e. The van der Waals surface area contributed by atoms with Gasteiger partial charge in [0.25, 0.3) is 0 Å². The van der Waals surface area contributed by atoms with E-state index in [1.165, 1.54) is 0 Å². The molecule has 4 heterocycles. The highest BCUT2D eigenvalue weighted by Gasteiger charge is 2.38. The molecule has 0 aliphatic carbocycles. The van der Waals surface area contributed by atoms with E-state index < -0.39 is 5.41 Å². The number of fused-ring (bicyclic) bond motifs is 3. The van der Waals surface area contributed by atoms with E-state index >= 15 is 0 Å². The molecule has 0 spiro atoms. The largest absolute Gasteiger partial charge is 0.325 e. The number of hydrogen-bond acceptors (Lipinski definition) is 6. The summed E-state index contributed by atoms with van der Waals surface area (Å²) in [6.07, 6.45) is 5.52.